The molecule has 1 aromatic carbocycles. The highest BCUT2D eigenvalue weighted by atomic mass is 35.5. The van der Waals surface area contributed by atoms with Crippen molar-refractivity contribution in [3.05, 3.63) is 28.8 Å². The molecule has 0 spiro atoms. The summed E-state index contributed by atoms with van der Waals surface area (Å²) in [5.74, 6) is -0.660. The highest BCUT2D eigenvalue weighted by Crippen LogP contribution is 2.27. The molecule has 0 bridgehead atoms. The summed E-state index contributed by atoms with van der Waals surface area (Å²) < 4.78 is 31.9. The molecule has 1 saturated heterocycles. The maximum atomic E-state index is 13.0. The molecule has 2 rings (SSSR count). The van der Waals surface area contributed by atoms with Gasteiger partial charge in [0.2, 0.25) is 15.9 Å². The van der Waals surface area contributed by atoms with Gasteiger partial charge in [-0.15, -0.1) is 0 Å². The first kappa shape index (κ1) is 21.6. The fraction of sp³-hybridized carbons (Fsp3) is 0.529. The predicted octanol–water partition coefficient (Wildman–Crippen LogP) is 0.959. The Hall–Kier alpha value is -1.68. The summed E-state index contributed by atoms with van der Waals surface area (Å²) >= 11 is 6.13. The summed E-state index contributed by atoms with van der Waals surface area (Å²) in [6, 6.07) is 3.99. The smallest absolute Gasteiger partial charge is 0.337 e. The van der Waals surface area contributed by atoms with Crippen molar-refractivity contribution < 1.29 is 22.7 Å². The van der Waals surface area contributed by atoms with Gasteiger partial charge in [-0.1, -0.05) is 11.6 Å². The van der Waals surface area contributed by atoms with Crippen LogP contribution in [0.2, 0.25) is 5.02 Å². The number of rotatable bonds is 6. The van der Waals surface area contributed by atoms with Gasteiger partial charge in [0.15, 0.2) is 0 Å². The molecule has 8 nitrogen and oxygen atoms in total. The van der Waals surface area contributed by atoms with Gasteiger partial charge in [0.25, 0.3) is 0 Å². The molecule has 1 N–H and O–H groups in total. The number of likely N-dealkylation sites (N-methyl/N-ethyl adjacent to an activating group) is 1. The number of halogens is 1. The van der Waals surface area contributed by atoms with Gasteiger partial charge in [-0.3, -0.25) is 9.69 Å². The molecule has 0 aliphatic carbocycles. The summed E-state index contributed by atoms with van der Waals surface area (Å²) in [6.07, 6.45) is 0.608. The van der Waals surface area contributed by atoms with Crippen LogP contribution in [0.3, 0.4) is 0 Å². The lowest BCUT2D eigenvalue weighted by Gasteiger charge is -2.22. The maximum Gasteiger partial charge on any atom is 0.337 e. The molecule has 1 fully saturated rings. The molecule has 1 aromatic rings. The van der Waals surface area contributed by atoms with Gasteiger partial charge >= 0.3 is 5.97 Å². The molecule has 150 valence electrons. The van der Waals surface area contributed by atoms with Crippen LogP contribution < -0.4 is 5.32 Å². The van der Waals surface area contributed by atoms with E-state index in [-0.39, 0.29) is 34.5 Å². The monoisotopic (exact) mass is 417 g/mol. The van der Waals surface area contributed by atoms with Crippen LogP contribution in [-0.2, 0) is 19.6 Å². The molecular weight excluding hydrogens is 394 g/mol. The largest absolute Gasteiger partial charge is 0.465 e. The number of esters is 1. The average molecular weight is 418 g/mol. The number of nitrogens with one attached hydrogen (secondary N) is 1. The van der Waals surface area contributed by atoms with Gasteiger partial charge in [-0.25, -0.2) is 13.2 Å². The molecule has 10 heteroatoms. The Kier molecular flexibility index (Phi) is 7.60. The molecule has 0 unspecified atom stereocenters. The van der Waals surface area contributed by atoms with E-state index in [1.165, 1.54) is 29.6 Å². The zero-order valence-corrected chi connectivity index (χ0v) is 17.0. The zero-order chi connectivity index (χ0) is 20.0. The van der Waals surface area contributed by atoms with E-state index in [0.717, 1.165) is 0 Å². The number of carbonyl (C=O) groups is 2. The van der Waals surface area contributed by atoms with Crippen molar-refractivity contribution in [2.24, 2.45) is 0 Å². The topological polar surface area (TPSA) is 96.0 Å². The van der Waals surface area contributed by atoms with E-state index in [9.17, 15) is 18.0 Å². The van der Waals surface area contributed by atoms with Gasteiger partial charge < -0.3 is 10.1 Å². The number of amides is 1. The number of hydrogen-bond acceptors (Lipinski definition) is 6. The van der Waals surface area contributed by atoms with Crippen LogP contribution in [0.15, 0.2) is 23.1 Å². The second-order valence-electron chi connectivity index (χ2n) is 6.12. The molecule has 1 heterocycles. The number of ether oxygens (including phenoxy) is 1. The second-order valence-corrected chi connectivity index (χ2v) is 8.44. The molecular formula is C17H24ClN3O5S. The number of hydrogen-bond donors (Lipinski definition) is 1. The van der Waals surface area contributed by atoms with Crippen LogP contribution in [0.4, 0.5) is 0 Å². The summed E-state index contributed by atoms with van der Waals surface area (Å²) in [5.41, 5.74) is 0.186. The van der Waals surface area contributed by atoms with E-state index < -0.39 is 16.0 Å². The van der Waals surface area contributed by atoms with Gasteiger partial charge in [0.05, 0.1) is 24.2 Å². The molecule has 27 heavy (non-hydrogen) atoms. The average Bonchev–Trinajstić information content (AvgIpc) is 2.87. The Balaban J connectivity index is 2.13. The van der Waals surface area contributed by atoms with E-state index in [2.05, 4.69) is 10.1 Å². The summed E-state index contributed by atoms with van der Waals surface area (Å²) in [5, 5.41) is 2.71. The Morgan fingerprint density at radius 2 is 1.96 bits per heavy atom. The second kappa shape index (κ2) is 9.50. The third-order valence-corrected chi connectivity index (χ3v) is 6.64. The minimum absolute atomic E-state index is 0.0265. The van der Waals surface area contributed by atoms with Gasteiger partial charge in [0, 0.05) is 26.2 Å². The number of methoxy groups -OCH3 is 1. The summed E-state index contributed by atoms with van der Waals surface area (Å²) in [4.78, 5) is 25.2. The number of nitrogens with zero attached hydrogens (tertiary/aromatic N) is 2. The van der Waals surface area contributed by atoms with Crippen molar-refractivity contribution in [1.29, 1.82) is 0 Å². The van der Waals surface area contributed by atoms with E-state index >= 15 is 0 Å². The first-order valence-electron chi connectivity index (χ1n) is 8.66. The van der Waals surface area contributed by atoms with Crippen LogP contribution >= 0.6 is 11.6 Å². The molecule has 0 aromatic heterocycles. The van der Waals surface area contributed by atoms with Crippen molar-refractivity contribution in [2.45, 2.75) is 18.2 Å². The normalized spacial score (nSPS) is 16.6. The van der Waals surface area contributed by atoms with Crippen LogP contribution in [0.25, 0.3) is 0 Å². The molecule has 1 amide bonds. The molecule has 0 saturated carbocycles. The summed E-state index contributed by atoms with van der Waals surface area (Å²) in [7, 11) is -2.56. The van der Waals surface area contributed by atoms with Crippen LogP contribution in [0, 0.1) is 0 Å². The third-order valence-electron chi connectivity index (χ3n) is 4.26. The van der Waals surface area contributed by atoms with Crippen LogP contribution in [0.1, 0.15) is 23.7 Å². The molecule has 0 radical (unpaired) electrons. The van der Waals surface area contributed by atoms with E-state index in [1.807, 2.05) is 11.8 Å². The van der Waals surface area contributed by atoms with Crippen molar-refractivity contribution >= 4 is 33.5 Å². The van der Waals surface area contributed by atoms with Crippen molar-refractivity contribution in [3.63, 3.8) is 0 Å². The van der Waals surface area contributed by atoms with E-state index in [0.29, 0.717) is 32.6 Å². The van der Waals surface area contributed by atoms with Crippen molar-refractivity contribution in [1.82, 2.24) is 14.5 Å². The minimum Gasteiger partial charge on any atom is -0.465 e. The number of sulfonamides is 1. The lowest BCUT2D eigenvalue weighted by molar-refractivity contribution is -0.122. The van der Waals surface area contributed by atoms with E-state index in [4.69, 9.17) is 11.6 Å². The number of benzene rings is 1. The number of carbonyl (C=O) groups excluding carboxylic acids is 2. The Labute approximate surface area is 164 Å². The van der Waals surface area contributed by atoms with Crippen LogP contribution in [0.5, 0.6) is 0 Å². The lowest BCUT2D eigenvalue weighted by Crippen LogP contribution is -2.40. The van der Waals surface area contributed by atoms with Crippen molar-refractivity contribution in [2.75, 3.05) is 46.4 Å². The van der Waals surface area contributed by atoms with E-state index in [1.54, 1.807) is 0 Å². The highest BCUT2D eigenvalue weighted by molar-refractivity contribution is 7.89. The van der Waals surface area contributed by atoms with Gasteiger partial charge in [-0.2, -0.15) is 4.31 Å². The van der Waals surface area contributed by atoms with Crippen molar-refractivity contribution in [3.8, 4) is 0 Å². The minimum atomic E-state index is -3.81. The van der Waals surface area contributed by atoms with Gasteiger partial charge in [0.1, 0.15) is 4.90 Å². The zero-order valence-electron chi connectivity index (χ0n) is 15.4. The molecule has 1 aliphatic rings. The molecule has 1 aliphatic heterocycles. The highest BCUT2D eigenvalue weighted by Gasteiger charge is 2.29. The quantitative estimate of drug-likeness (QED) is 0.692. The Morgan fingerprint density at radius 3 is 2.59 bits per heavy atom. The fourth-order valence-electron chi connectivity index (χ4n) is 2.90. The Morgan fingerprint density at radius 1 is 1.22 bits per heavy atom. The first-order valence-corrected chi connectivity index (χ1v) is 10.5. The third kappa shape index (κ3) is 5.41. The lowest BCUT2D eigenvalue weighted by atomic mass is 10.2. The maximum absolute atomic E-state index is 13.0. The standard InChI is InChI=1S/C17H24ClN3O5S/c1-3-19-16(22)12-20-7-4-8-21(10-9-20)27(24,25)15-6-5-13(11-14(15)18)17(23)26-2/h5-6,11H,3-4,7-10,12H2,1-2H3,(H,19,22). The SMILES string of the molecule is CCNC(=O)CN1CCCN(S(=O)(=O)c2ccc(C(=O)OC)cc2Cl)CC1. The first-order chi connectivity index (χ1) is 12.8. The predicted molar refractivity (Wildman–Crippen MR) is 101 cm³/mol. The fourth-order valence-corrected chi connectivity index (χ4v) is 4.88. The Bertz CT molecular complexity index is 800. The molecule has 0 atom stereocenters. The summed E-state index contributed by atoms with van der Waals surface area (Å²) in [6.45, 7) is 4.35. The van der Waals surface area contributed by atoms with Crippen LogP contribution in [-0.4, -0.2) is 75.9 Å². The van der Waals surface area contributed by atoms with Gasteiger partial charge in [-0.05, 0) is 38.1 Å².